The summed E-state index contributed by atoms with van der Waals surface area (Å²) in [5.74, 6) is 1.08. The monoisotopic (exact) mass is 732 g/mol. The number of benzene rings is 5. The van der Waals surface area contributed by atoms with Crippen LogP contribution in [0.3, 0.4) is 0 Å². The first-order valence-electron chi connectivity index (χ1n) is 21.1. The minimum absolute atomic E-state index is 0.0154. The first-order chi connectivity index (χ1) is 27.2. The second-order valence-corrected chi connectivity index (χ2v) is 18.5. The lowest BCUT2D eigenvalue weighted by molar-refractivity contribution is 0.232. The highest BCUT2D eigenvalue weighted by molar-refractivity contribution is 7.23. The van der Waals surface area contributed by atoms with Crippen molar-refractivity contribution in [1.82, 2.24) is 5.32 Å². The summed E-state index contributed by atoms with van der Waals surface area (Å²) in [6.07, 6.45) is 19.1. The molecule has 4 unspecified atom stereocenters. The molecular weight excluding hydrogens is 685 g/mol. The molecule has 12 rings (SSSR count). The van der Waals surface area contributed by atoms with Crippen molar-refractivity contribution in [3.63, 3.8) is 0 Å². The second kappa shape index (κ2) is 12.4. The van der Waals surface area contributed by atoms with E-state index in [2.05, 4.69) is 144 Å². The van der Waals surface area contributed by atoms with E-state index in [4.69, 9.17) is 0 Å². The van der Waals surface area contributed by atoms with E-state index in [1.165, 1.54) is 113 Å². The van der Waals surface area contributed by atoms with Crippen LogP contribution in [0.1, 0.15) is 121 Å². The molecule has 0 bridgehead atoms. The largest absolute Gasteiger partial charge is 0.357 e. The Bertz CT molecular complexity index is 2520. The molecule has 1 aliphatic heterocycles. The van der Waals surface area contributed by atoms with Crippen LogP contribution in [0.4, 0.5) is 5.00 Å². The van der Waals surface area contributed by atoms with Crippen LogP contribution in [0.5, 0.6) is 0 Å². The molecule has 4 atom stereocenters. The van der Waals surface area contributed by atoms with Crippen molar-refractivity contribution >= 4 is 32.0 Å². The summed E-state index contributed by atoms with van der Waals surface area (Å²) in [7, 11) is 0. The van der Waals surface area contributed by atoms with E-state index in [0.29, 0.717) is 17.3 Å². The zero-order chi connectivity index (χ0) is 36.1. The molecule has 3 heteroatoms. The molecule has 6 aromatic rings. The van der Waals surface area contributed by atoms with E-state index in [9.17, 15) is 0 Å². The van der Waals surface area contributed by atoms with Crippen molar-refractivity contribution in [2.24, 2.45) is 5.92 Å². The van der Waals surface area contributed by atoms with Crippen LogP contribution in [-0.2, 0) is 10.8 Å². The maximum atomic E-state index is 4.01. The van der Waals surface area contributed by atoms with E-state index in [-0.39, 0.29) is 17.6 Å². The van der Waals surface area contributed by atoms with E-state index in [1.807, 2.05) is 11.3 Å². The molecule has 2 heterocycles. The van der Waals surface area contributed by atoms with Crippen molar-refractivity contribution in [2.75, 3.05) is 5.32 Å². The van der Waals surface area contributed by atoms with E-state index in [1.54, 1.807) is 27.8 Å². The quantitative estimate of drug-likeness (QED) is 0.189. The van der Waals surface area contributed by atoms with Crippen LogP contribution in [-0.4, -0.2) is 0 Å². The number of allylic oxidation sites excluding steroid dienone is 4. The fourth-order valence-electron chi connectivity index (χ4n) is 12.4. The van der Waals surface area contributed by atoms with Gasteiger partial charge in [0, 0.05) is 27.0 Å². The van der Waals surface area contributed by atoms with Gasteiger partial charge in [-0.15, -0.1) is 11.3 Å². The highest BCUT2D eigenvalue weighted by Crippen LogP contribution is 2.66. The molecule has 2 spiro atoms. The van der Waals surface area contributed by atoms with Gasteiger partial charge in [0.2, 0.25) is 0 Å². The van der Waals surface area contributed by atoms with Gasteiger partial charge in [0.05, 0.1) is 11.0 Å². The molecule has 0 saturated heterocycles. The lowest BCUT2D eigenvalue weighted by atomic mass is 9.61. The first-order valence-corrected chi connectivity index (χ1v) is 21.9. The third kappa shape index (κ3) is 4.76. The van der Waals surface area contributed by atoms with Crippen LogP contribution >= 0.6 is 11.3 Å². The minimum atomic E-state index is 0.0154. The number of rotatable bonds is 3. The van der Waals surface area contributed by atoms with E-state index >= 15 is 0 Å². The summed E-state index contributed by atoms with van der Waals surface area (Å²) in [4.78, 5) is 0. The second-order valence-electron chi connectivity index (χ2n) is 17.5. The van der Waals surface area contributed by atoms with Gasteiger partial charge in [-0.05, 0) is 105 Å². The molecule has 2 N–H and O–H groups in total. The lowest BCUT2D eigenvalue weighted by Crippen LogP contribution is -2.36. The molecule has 272 valence electrons. The van der Waals surface area contributed by atoms with Crippen molar-refractivity contribution < 1.29 is 0 Å². The topological polar surface area (TPSA) is 24.1 Å². The molecule has 6 aliphatic rings. The lowest BCUT2D eigenvalue weighted by Gasteiger charge is -2.43. The number of fused-ring (bicyclic) bond motifs is 13. The number of hydrogen-bond donors (Lipinski definition) is 2. The molecule has 2 fully saturated rings. The maximum Gasteiger partial charge on any atom is 0.105 e. The summed E-state index contributed by atoms with van der Waals surface area (Å²) >= 11 is 1.87. The maximum absolute atomic E-state index is 4.01. The van der Waals surface area contributed by atoms with Crippen molar-refractivity contribution in [1.29, 1.82) is 0 Å². The predicted molar refractivity (Wildman–Crippen MR) is 230 cm³/mol. The van der Waals surface area contributed by atoms with Crippen LogP contribution in [0, 0.1) is 5.92 Å². The van der Waals surface area contributed by atoms with Gasteiger partial charge in [0.15, 0.2) is 0 Å². The fraction of sp³-hybridized carbons (Fsp3) is 0.308. The summed E-state index contributed by atoms with van der Waals surface area (Å²) < 4.78 is 1.33. The molecule has 5 aliphatic carbocycles. The molecular formula is C52H48N2S. The Morgan fingerprint density at radius 1 is 0.600 bits per heavy atom. The standard InChI is InChI=1S/C52H48N2S/c1-4-14-34(15-5-1)48-47-38-17-7-9-19-46(38)55-50(47)54-49(53-48)35-22-20-33(21-23-35)36-24-25-43-39(30-36)41-32-44-40(31-45(41)52(43)28-12-3-13-29-52)37-16-6-8-18-42(37)51(44)26-10-2-11-27-51/h1,4-9,14-25,30-32,40,44,48-49,53-54H,2-3,10-13,26-29H2. The minimum Gasteiger partial charge on any atom is -0.357 e. The summed E-state index contributed by atoms with van der Waals surface area (Å²) in [5, 5.41) is 10.5. The average Bonchev–Trinajstić information content (AvgIpc) is 3.85. The Morgan fingerprint density at radius 3 is 2.16 bits per heavy atom. The van der Waals surface area contributed by atoms with Crippen molar-refractivity contribution in [2.45, 2.75) is 93.2 Å². The summed E-state index contributed by atoms with van der Waals surface area (Å²) in [6, 6.07) is 46.4. The van der Waals surface area contributed by atoms with Gasteiger partial charge in [0.25, 0.3) is 0 Å². The number of nitrogens with one attached hydrogen (secondary N) is 2. The van der Waals surface area contributed by atoms with Crippen LogP contribution in [0.25, 0.3) is 26.8 Å². The Hall–Kier alpha value is -4.70. The normalized spacial score (nSPS) is 25.3. The molecule has 55 heavy (non-hydrogen) atoms. The van der Waals surface area contributed by atoms with Gasteiger partial charge < -0.3 is 5.32 Å². The van der Waals surface area contributed by atoms with Gasteiger partial charge in [-0.1, -0.05) is 160 Å². The summed E-state index contributed by atoms with van der Waals surface area (Å²) in [6.45, 7) is 0. The van der Waals surface area contributed by atoms with Gasteiger partial charge in [-0.3, -0.25) is 5.32 Å². The first kappa shape index (κ1) is 32.5. The zero-order valence-electron chi connectivity index (χ0n) is 31.5. The Labute approximate surface area is 329 Å². The number of hydrogen-bond acceptors (Lipinski definition) is 3. The van der Waals surface area contributed by atoms with Gasteiger partial charge in [-0.25, -0.2) is 0 Å². The van der Waals surface area contributed by atoms with Crippen LogP contribution in [0.15, 0.2) is 139 Å². The predicted octanol–water partition coefficient (Wildman–Crippen LogP) is 13.5. The molecule has 0 radical (unpaired) electrons. The molecule has 0 amide bonds. The van der Waals surface area contributed by atoms with E-state index in [0.717, 1.165) is 0 Å². The molecule has 2 saturated carbocycles. The Balaban J connectivity index is 0.916. The highest BCUT2D eigenvalue weighted by Gasteiger charge is 2.55. The Kier molecular flexibility index (Phi) is 7.34. The molecule has 5 aromatic carbocycles. The third-order valence-electron chi connectivity index (χ3n) is 14.9. The van der Waals surface area contributed by atoms with Crippen molar-refractivity contribution in [3.8, 4) is 11.1 Å². The smallest absolute Gasteiger partial charge is 0.105 e. The van der Waals surface area contributed by atoms with Gasteiger partial charge in [0.1, 0.15) is 6.17 Å². The Morgan fingerprint density at radius 2 is 1.33 bits per heavy atom. The number of anilines is 1. The van der Waals surface area contributed by atoms with Gasteiger partial charge in [-0.2, -0.15) is 0 Å². The third-order valence-corrected chi connectivity index (χ3v) is 16.0. The molecule has 1 aromatic heterocycles. The van der Waals surface area contributed by atoms with Crippen LogP contribution in [0.2, 0.25) is 0 Å². The average molecular weight is 733 g/mol. The zero-order valence-corrected chi connectivity index (χ0v) is 32.3. The SMILES string of the molecule is C1=C2C(=CC3c4ccccc4C4(CCCCC4)C13)C1(CCCCC1)c1ccc(-c3ccc(C4Nc5sc6ccccc6c5C(c5ccccc5)N4)cc3)cc12. The van der Waals surface area contributed by atoms with Crippen LogP contribution < -0.4 is 10.6 Å². The fourth-order valence-corrected chi connectivity index (χ4v) is 13.6. The van der Waals surface area contributed by atoms with Crippen molar-refractivity contribution in [3.05, 3.63) is 178 Å². The van der Waals surface area contributed by atoms with E-state index < -0.39 is 0 Å². The number of thiophene rings is 1. The summed E-state index contributed by atoms with van der Waals surface area (Å²) in [5.41, 5.74) is 16.7. The van der Waals surface area contributed by atoms with Gasteiger partial charge >= 0.3 is 0 Å². The highest BCUT2D eigenvalue weighted by atomic mass is 32.1. The molecule has 2 nitrogen and oxygen atoms in total.